The molecule has 0 aliphatic carbocycles. The first-order valence-corrected chi connectivity index (χ1v) is 4.93. The lowest BCUT2D eigenvalue weighted by molar-refractivity contribution is -0.386. The van der Waals surface area contributed by atoms with Gasteiger partial charge < -0.3 is 14.3 Å². The Morgan fingerprint density at radius 1 is 1.44 bits per heavy atom. The van der Waals surface area contributed by atoms with Crippen molar-refractivity contribution in [3.63, 3.8) is 0 Å². The maximum Gasteiger partial charge on any atom is 0.338 e. The predicted molar refractivity (Wildman–Crippen MR) is 60.8 cm³/mol. The van der Waals surface area contributed by atoms with Gasteiger partial charge in [0.2, 0.25) is 0 Å². The van der Waals surface area contributed by atoms with Crippen molar-refractivity contribution in [3.8, 4) is 5.75 Å². The van der Waals surface area contributed by atoms with E-state index in [0.717, 1.165) is 7.11 Å². The average Bonchev–Trinajstić information content (AvgIpc) is 2.37. The van der Waals surface area contributed by atoms with Crippen LogP contribution in [0.15, 0.2) is 12.1 Å². The van der Waals surface area contributed by atoms with Crippen LogP contribution < -0.4 is 4.74 Å². The van der Waals surface area contributed by atoms with E-state index in [1.807, 2.05) is 0 Å². The Morgan fingerprint density at radius 2 is 2.11 bits per heavy atom. The van der Waals surface area contributed by atoms with Crippen molar-refractivity contribution in [1.82, 2.24) is 0 Å². The summed E-state index contributed by atoms with van der Waals surface area (Å²) in [5.41, 5.74) is -0.425. The Labute approximate surface area is 102 Å². The molecule has 0 unspecified atom stereocenters. The van der Waals surface area contributed by atoms with E-state index in [1.165, 1.54) is 19.2 Å². The number of rotatable bonds is 5. The zero-order chi connectivity index (χ0) is 13.7. The maximum atomic E-state index is 11.5. The molecule has 18 heavy (non-hydrogen) atoms. The minimum absolute atomic E-state index is 0.00972. The number of nitro groups is 1. The zero-order valence-electron chi connectivity index (χ0n) is 9.84. The van der Waals surface area contributed by atoms with Crippen molar-refractivity contribution < 1.29 is 24.0 Å². The first-order chi connectivity index (χ1) is 8.56. The number of hydrogen-bond donors (Lipinski definition) is 0. The molecule has 0 heterocycles. The fourth-order valence-corrected chi connectivity index (χ4v) is 1.57. The van der Waals surface area contributed by atoms with Crippen molar-refractivity contribution in [1.29, 1.82) is 0 Å². The van der Waals surface area contributed by atoms with Gasteiger partial charge in [0, 0.05) is 6.42 Å². The predicted octanol–water partition coefficient (Wildman–Crippen LogP) is 1.13. The van der Waals surface area contributed by atoms with Crippen LogP contribution in [0.25, 0.3) is 0 Å². The minimum atomic E-state index is -0.738. The molecule has 0 aliphatic rings. The van der Waals surface area contributed by atoms with Gasteiger partial charge in [0.15, 0.2) is 5.75 Å². The monoisotopic (exact) mass is 253 g/mol. The number of nitro benzene ring substituents is 1. The Morgan fingerprint density at radius 3 is 2.56 bits per heavy atom. The Kier molecular flexibility index (Phi) is 4.36. The molecule has 0 aromatic heterocycles. The van der Waals surface area contributed by atoms with Gasteiger partial charge in [0.25, 0.3) is 0 Å². The number of carbonyl (C=O) groups excluding carboxylic acids is 2. The van der Waals surface area contributed by atoms with Crippen LogP contribution in [-0.2, 0) is 16.0 Å². The van der Waals surface area contributed by atoms with Gasteiger partial charge in [-0.05, 0) is 12.1 Å². The molecule has 1 aromatic rings. The molecular weight excluding hydrogens is 242 g/mol. The van der Waals surface area contributed by atoms with Crippen LogP contribution >= 0.6 is 0 Å². The summed E-state index contributed by atoms with van der Waals surface area (Å²) >= 11 is 0. The van der Waals surface area contributed by atoms with Crippen LogP contribution in [0.3, 0.4) is 0 Å². The summed E-state index contributed by atoms with van der Waals surface area (Å²) in [4.78, 5) is 32.4. The number of benzene rings is 1. The second-order valence-electron chi connectivity index (χ2n) is 3.26. The lowest BCUT2D eigenvalue weighted by atomic mass is 10.0. The summed E-state index contributed by atoms with van der Waals surface area (Å²) in [7, 11) is 2.42. The van der Waals surface area contributed by atoms with Crippen LogP contribution in [0.1, 0.15) is 15.9 Å². The minimum Gasteiger partial charge on any atom is -0.490 e. The highest BCUT2D eigenvalue weighted by molar-refractivity contribution is 5.93. The lowest BCUT2D eigenvalue weighted by Gasteiger charge is -2.09. The van der Waals surface area contributed by atoms with Gasteiger partial charge in [0.05, 0.1) is 30.3 Å². The molecule has 7 nitrogen and oxygen atoms in total. The van der Waals surface area contributed by atoms with Crippen LogP contribution in [0.5, 0.6) is 5.75 Å². The van der Waals surface area contributed by atoms with Gasteiger partial charge in [0.1, 0.15) is 6.29 Å². The van der Waals surface area contributed by atoms with E-state index >= 15 is 0 Å². The van der Waals surface area contributed by atoms with Gasteiger partial charge in [-0.2, -0.15) is 0 Å². The molecule has 0 spiro atoms. The van der Waals surface area contributed by atoms with Crippen LogP contribution in [0, 0.1) is 10.1 Å². The molecule has 0 fully saturated rings. The highest BCUT2D eigenvalue weighted by Crippen LogP contribution is 2.33. The molecule has 0 saturated carbocycles. The normalized spacial score (nSPS) is 9.67. The second kappa shape index (κ2) is 5.76. The van der Waals surface area contributed by atoms with E-state index < -0.39 is 16.6 Å². The third kappa shape index (κ3) is 2.45. The summed E-state index contributed by atoms with van der Waals surface area (Å²) < 4.78 is 9.37. The smallest absolute Gasteiger partial charge is 0.338 e. The zero-order valence-corrected chi connectivity index (χ0v) is 9.84. The second-order valence-corrected chi connectivity index (χ2v) is 3.26. The molecular formula is C11H11NO6. The van der Waals surface area contributed by atoms with Crippen LogP contribution in [0.2, 0.25) is 0 Å². The van der Waals surface area contributed by atoms with Gasteiger partial charge in [-0.1, -0.05) is 0 Å². The molecule has 0 bridgehead atoms. The molecule has 1 rings (SSSR count). The lowest BCUT2D eigenvalue weighted by Crippen LogP contribution is -2.10. The summed E-state index contributed by atoms with van der Waals surface area (Å²) in [5.74, 6) is -0.748. The number of hydrogen-bond acceptors (Lipinski definition) is 6. The van der Waals surface area contributed by atoms with Crippen molar-refractivity contribution in [2.75, 3.05) is 14.2 Å². The molecule has 0 N–H and O–H groups in total. The molecule has 0 atom stereocenters. The maximum absolute atomic E-state index is 11.5. The first kappa shape index (κ1) is 13.6. The van der Waals surface area contributed by atoms with Gasteiger partial charge in [-0.25, -0.2) is 4.79 Å². The average molecular weight is 253 g/mol. The largest absolute Gasteiger partial charge is 0.490 e. The van der Waals surface area contributed by atoms with Crippen LogP contribution in [-0.4, -0.2) is 31.4 Å². The third-order valence-corrected chi connectivity index (χ3v) is 2.34. The quantitative estimate of drug-likeness (QED) is 0.338. The van der Waals surface area contributed by atoms with Crippen molar-refractivity contribution in [2.45, 2.75) is 6.42 Å². The van der Waals surface area contributed by atoms with Crippen molar-refractivity contribution in [3.05, 3.63) is 33.4 Å². The first-order valence-electron chi connectivity index (χ1n) is 4.93. The summed E-state index contributed by atoms with van der Waals surface area (Å²) in [5, 5.41) is 11.0. The van der Waals surface area contributed by atoms with E-state index in [0.29, 0.717) is 6.29 Å². The molecule has 1 aromatic carbocycles. The number of carbonyl (C=O) groups is 2. The Balaban J connectivity index is 3.55. The van der Waals surface area contributed by atoms with Crippen molar-refractivity contribution in [2.24, 2.45) is 0 Å². The fraction of sp³-hybridized carbons (Fsp3) is 0.273. The molecule has 0 radical (unpaired) electrons. The van der Waals surface area contributed by atoms with Gasteiger partial charge in [-0.15, -0.1) is 0 Å². The molecule has 0 aliphatic heterocycles. The van der Waals surface area contributed by atoms with Crippen molar-refractivity contribution >= 4 is 17.9 Å². The standard InChI is InChI=1S/C11H11NO6/c1-17-9-4-3-8(11(14)18-2)7(5-6-13)10(9)12(15)16/h3-4,6H,5H2,1-2H3. The summed E-state index contributed by atoms with van der Waals surface area (Å²) in [6, 6.07) is 2.62. The third-order valence-electron chi connectivity index (χ3n) is 2.34. The van der Waals surface area contributed by atoms with E-state index in [4.69, 9.17) is 4.74 Å². The van der Waals surface area contributed by atoms with E-state index in [9.17, 15) is 19.7 Å². The van der Waals surface area contributed by atoms with E-state index in [-0.39, 0.29) is 23.3 Å². The number of nitrogens with zero attached hydrogens (tertiary/aromatic N) is 1. The topological polar surface area (TPSA) is 95.7 Å². The summed E-state index contributed by atoms with van der Waals surface area (Å²) in [6.45, 7) is 0. The van der Waals surface area contributed by atoms with E-state index in [2.05, 4.69) is 4.74 Å². The fourth-order valence-electron chi connectivity index (χ4n) is 1.57. The van der Waals surface area contributed by atoms with E-state index in [1.54, 1.807) is 0 Å². The molecule has 7 heteroatoms. The number of esters is 1. The van der Waals surface area contributed by atoms with Gasteiger partial charge in [-0.3, -0.25) is 10.1 Å². The number of methoxy groups -OCH3 is 2. The molecule has 0 amide bonds. The SMILES string of the molecule is COC(=O)c1ccc(OC)c([N+](=O)[O-])c1CC=O. The molecule has 96 valence electrons. The Bertz CT molecular complexity index is 497. The number of aldehydes is 1. The highest BCUT2D eigenvalue weighted by Gasteiger charge is 2.26. The Hall–Kier alpha value is -2.44. The highest BCUT2D eigenvalue weighted by atomic mass is 16.6. The van der Waals surface area contributed by atoms with Crippen LogP contribution in [0.4, 0.5) is 5.69 Å². The number of ether oxygens (including phenoxy) is 2. The van der Waals surface area contributed by atoms with Gasteiger partial charge >= 0.3 is 11.7 Å². The molecule has 0 saturated heterocycles. The summed E-state index contributed by atoms with van der Waals surface area (Å²) in [6.07, 6.45) is 0.214.